The smallest absolute Gasteiger partial charge is 0.360 e. The maximum Gasteiger partial charge on any atom is 0.360 e. The van der Waals surface area contributed by atoms with Crippen molar-refractivity contribution >= 4 is 11.7 Å². The molecule has 0 bridgehead atoms. The molecule has 2 aliphatic rings. The van der Waals surface area contributed by atoms with Gasteiger partial charge >= 0.3 is 5.97 Å². The number of hydrogen-bond donors (Lipinski definition) is 1. The van der Waals surface area contributed by atoms with Crippen LogP contribution in [-0.2, 0) is 20.8 Å². The van der Waals surface area contributed by atoms with Crippen LogP contribution in [0.15, 0.2) is 30.5 Å². The number of nitrogens with one attached hydrogen (secondary N) is 1. The largest absolute Gasteiger partial charge is 0.464 e. The molecule has 9 nitrogen and oxygen atoms in total. The van der Waals surface area contributed by atoms with Gasteiger partial charge in [-0.05, 0) is 17.7 Å². The standard InChI is InChI=1S/C19H25N5O4/c1-23(2)13-6-4-12(5-7-13)8-20-15-10-27-18-16(11-28-17(15)18)24-9-14(21-22-24)19(25)26-3/h4-7,9,15-18,20H,8,10-11H2,1-3H3/t15-,16+,17-,18+/m1/s1. The van der Waals surface area contributed by atoms with E-state index < -0.39 is 5.97 Å². The van der Waals surface area contributed by atoms with Crippen molar-refractivity contribution in [3.05, 3.63) is 41.7 Å². The molecule has 3 heterocycles. The quantitative estimate of drug-likeness (QED) is 0.722. The molecule has 0 aliphatic carbocycles. The lowest BCUT2D eigenvalue weighted by Crippen LogP contribution is -2.40. The molecule has 4 atom stereocenters. The van der Waals surface area contributed by atoms with Gasteiger partial charge in [0.1, 0.15) is 18.2 Å². The SMILES string of the molecule is COC(=O)c1cn([C@H]2CO[C@H]3[C@H]2OC[C@H]3NCc2ccc(N(C)C)cc2)nn1. The van der Waals surface area contributed by atoms with Crippen molar-refractivity contribution < 1.29 is 19.0 Å². The number of ether oxygens (including phenoxy) is 3. The van der Waals surface area contributed by atoms with Crippen LogP contribution in [0.1, 0.15) is 22.1 Å². The predicted octanol–water partition coefficient (Wildman–Crippen LogP) is 0.628. The minimum Gasteiger partial charge on any atom is -0.464 e. The van der Waals surface area contributed by atoms with Crippen molar-refractivity contribution in [1.29, 1.82) is 0 Å². The van der Waals surface area contributed by atoms with E-state index in [0.717, 1.165) is 6.54 Å². The Morgan fingerprint density at radius 1 is 1.25 bits per heavy atom. The van der Waals surface area contributed by atoms with Gasteiger partial charge in [0.05, 0.1) is 32.6 Å². The normalized spacial score (nSPS) is 26.2. The summed E-state index contributed by atoms with van der Waals surface area (Å²) in [6.07, 6.45) is 1.40. The Morgan fingerprint density at radius 3 is 2.71 bits per heavy atom. The fourth-order valence-corrected chi connectivity index (χ4v) is 3.68. The van der Waals surface area contributed by atoms with Crippen LogP contribution >= 0.6 is 0 Å². The first-order valence-corrected chi connectivity index (χ1v) is 9.30. The highest BCUT2D eigenvalue weighted by atomic mass is 16.6. The second-order valence-corrected chi connectivity index (χ2v) is 7.29. The topological polar surface area (TPSA) is 90.7 Å². The molecule has 1 N–H and O–H groups in total. The molecule has 0 spiro atoms. The summed E-state index contributed by atoms with van der Waals surface area (Å²) in [4.78, 5) is 13.7. The van der Waals surface area contributed by atoms with Crippen LogP contribution in [-0.4, -0.2) is 73.6 Å². The van der Waals surface area contributed by atoms with Crippen molar-refractivity contribution in [2.45, 2.75) is 30.8 Å². The van der Waals surface area contributed by atoms with Crippen molar-refractivity contribution in [2.75, 3.05) is 39.3 Å². The van der Waals surface area contributed by atoms with E-state index in [4.69, 9.17) is 9.47 Å². The molecule has 0 amide bonds. The highest BCUT2D eigenvalue weighted by molar-refractivity contribution is 5.86. The van der Waals surface area contributed by atoms with Crippen LogP contribution in [0.2, 0.25) is 0 Å². The van der Waals surface area contributed by atoms with E-state index in [1.54, 1.807) is 10.9 Å². The number of methoxy groups -OCH3 is 1. The van der Waals surface area contributed by atoms with Gasteiger partial charge in [-0.1, -0.05) is 17.3 Å². The summed E-state index contributed by atoms with van der Waals surface area (Å²) in [5.74, 6) is -0.506. The zero-order chi connectivity index (χ0) is 19.7. The van der Waals surface area contributed by atoms with E-state index >= 15 is 0 Å². The molecule has 150 valence electrons. The second-order valence-electron chi connectivity index (χ2n) is 7.29. The summed E-state index contributed by atoms with van der Waals surface area (Å²) in [6.45, 7) is 1.78. The number of benzene rings is 1. The number of hydrogen-bond acceptors (Lipinski definition) is 8. The molecule has 2 aromatic rings. The molecule has 0 radical (unpaired) electrons. The fourth-order valence-electron chi connectivity index (χ4n) is 3.68. The lowest BCUT2D eigenvalue weighted by molar-refractivity contribution is 0.0592. The van der Waals surface area contributed by atoms with Gasteiger partial charge in [0, 0.05) is 26.3 Å². The molecule has 2 saturated heterocycles. The van der Waals surface area contributed by atoms with E-state index in [1.807, 2.05) is 14.1 Å². The molecule has 9 heteroatoms. The van der Waals surface area contributed by atoms with Crippen LogP contribution in [0, 0.1) is 0 Å². The Morgan fingerprint density at radius 2 is 2.00 bits per heavy atom. The molecule has 0 unspecified atom stereocenters. The number of nitrogens with zero attached hydrogens (tertiary/aromatic N) is 4. The number of anilines is 1. The number of fused-ring (bicyclic) bond motifs is 1. The fraction of sp³-hybridized carbons (Fsp3) is 0.526. The van der Waals surface area contributed by atoms with Crippen LogP contribution < -0.4 is 10.2 Å². The van der Waals surface area contributed by atoms with Crippen LogP contribution in [0.25, 0.3) is 0 Å². The van der Waals surface area contributed by atoms with Gasteiger partial charge in [-0.2, -0.15) is 0 Å². The minimum atomic E-state index is -0.506. The lowest BCUT2D eigenvalue weighted by Gasteiger charge is -2.18. The Hall–Kier alpha value is -2.49. The zero-order valence-corrected chi connectivity index (χ0v) is 16.2. The van der Waals surface area contributed by atoms with Gasteiger partial charge in [0.2, 0.25) is 0 Å². The van der Waals surface area contributed by atoms with E-state index in [-0.39, 0.29) is 30.0 Å². The Labute approximate surface area is 163 Å². The van der Waals surface area contributed by atoms with Gasteiger partial charge in [0.25, 0.3) is 0 Å². The van der Waals surface area contributed by atoms with Crippen LogP contribution in [0.5, 0.6) is 0 Å². The zero-order valence-electron chi connectivity index (χ0n) is 16.2. The first-order chi connectivity index (χ1) is 13.6. The van der Waals surface area contributed by atoms with Gasteiger partial charge in [-0.15, -0.1) is 5.10 Å². The van der Waals surface area contributed by atoms with Gasteiger partial charge in [-0.3, -0.25) is 0 Å². The van der Waals surface area contributed by atoms with Crippen molar-refractivity contribution in [3.8, 4) is 0 Å². The summed E-state index contributed by atoms with van der Waals surface area (Å²) in [5, 5.41) is 11.5. The molecule has 4 rings (SSSR count). The molecular formula is C19H25N5O4. The number of esters is 1. The molecule has 28 heavy (non-hydrogen) atoms. The molecule has 2 aliphatic heterocycles. The van der Waals surface area contributed by atoms with E-state index in [1.165, 1.54) is 18.4 Å². The molecule has 0 saturated carbocycles. The van der Waals surface area contributed by atoms with Crippen LogP contribution in [0.3, 0.4) is 0 Å². The number of rotatable bonds is 6. The number of carbonyl (C=O) groups is 1. The highest BCUT2D eigenvalue weighted by Gasteiger charge is 2.48. The predicted molar refractivity (Wildman–Crippen MR) is 101 cm³/mol. The van der Waals surface area contributed by atoms with Crippen molar-refractivity contribution in [2.24, 2.45) is 0 Å². The van der Waals surface area contributed by atoms with Crippen molar-refractivity contribution in [3.63, 3.8) is 0 Å². The van der Waals surface area contributed by atoms with E-state index in [2.05, 4.69) is 49.5 Å². The summed E-state index contributed by atoms with van der Waals surface area (Å²) < 4.78 is 18.3. The average molecular weight is 387 g/mol. The van der Waals surface area contributed by atoms with Crippen molar-refractivity contribution in [1.82, 2.24) is 20.3 Å². The second kappa shape index (κ2) is 7.86. The maximum absolute atomic E-state index is 11.6. The van der Waals surface area contributed by atoms with Gasteiger partial charge < -0.3 is 24.4 Å². The highest BCUT2D eigenvalue weighted by Crippen LogP contribution is 2.34. The first-order valence-electron chi connectivity index (χ1n) is 9.30. The maximum atomic E-state index is 11.6. The van der Waals surface area contributed by atoms with Gasteiger partial charge in [-0.25, -0.2) is 9.48 Å². The Balaban J connectivity index is 1.36. The monoisotopic (exact) mass is 387 g/mol. The first kappa shape index (κ1) is 18.9. The molecule has 1 aromatic heterocycles. The van der Waals surface area contributed by atoms with Crippen LogP contribution in [0.4, 0.5) is 5.69 Å². The van der Waals surface area contributed by atoms with E-state index in [9.17, 15) is 4.79 Å². The third-order valence-electron chi connectivity index (χ3n) is 5.29. The number of carbonyl (C=O) groups excluding carboxylic acids is 1. The van der Waals surface area contributed by atoms with Gasteiger partial charge in [0.15, 0.2) is 5.69 Å². The third-order valence-corrected chi connectivity index (χ3v) is 5.29. The third kappa shape index (κ3) is 3.60. The summed E-state index contributed by atoms with van der Waals surface area (Å²) in [7, 11) is 5.38. The Kier molecular flexibility index (Phi) is 5.29. The molecule has 2 fully saturated rings. The Bertz CT molecular complexity index is 822. The van der Waals surface area contributed by atoms with E-state index in [0.29, 0.717) is 13.2 Å². The minimum absolute atomic E-state index is 0.0585. The number of aromatic nitrogens is 3. The molecule has 1 aromatic carbocycles. The molecular weight excluding hydrogens is 362 g/mol. The summed E-state index contributed by atoms with van der Waals surface area (Å²) >= 11 is 0. The average Bonchev–Trinajstić information content (AvgIpc) is 3.42. The summed E-state index contributed by atoms with van der Waals surface area (Å²) in [6, 6.07) is 8.46. The summed E-state index contributed by atoms with van der Waals surface area (Å²) in [5.41, 5.74) is 2.57. The lowest BCUT2D eigenvalue weighted by atomic mass is 10.1.